The summed E-state index contributed by atoms with van der Waals surface area (Å²) in [5, 5.41) is 0. The average Bonchev–Trinajstić information content (AvgIpc) is 2.72. The standard InChI is InChI=1S/C25H20F2O2/c1-18(28)29-17-20(15-19-5-3-2-4-6-19)16-25(21-7-11-23(26)12-8-21)22-9-13-24(27)14-10-22/h2-16H,17H2,1H3/b20-15+. The molecule has 3 aromatic carbocycles. The number of rotatable bonds is 6. The molecule has 0 amide bonds. The first-order chi connectivity index (χ1) is 14.0. The molecule has 0 fully saturated rings. The molecule has 0 aliphatic rings. The maximum absolute atomic E-state index is 13.4. The fourth-order valence-electron chi connectivity index (χ4n) is 2.85. The SMILES string of the molecule is CC(=O)OC/C(C=C(c1ccc(F)cc1)c1ccc(F)cc1)=C/c1ccccc1. The highest BCUT2D eigenvalue weighted by molar-refractivity contribution is 5.82. The molecule has 0 N–H and O–H groups in total. The van der Waals surface area contributed by atoms with Gasteiger partial charge in [0.2, 0.25) is 0 Å². The van der Waals surface area contributed by atoms with Gasteiger partial charge in [0, 0.05) is 6.92 Å². The number of hydrogen-bond donors (Lipinski definition) is 0. The maximum atomic E-state index is 13.4. The monoisotopic (exact) mass is 390 g/mol. The number of hydrogen-bond acceptors (Lipinski definition) is 2. The fraction of sp³-hybridized carbons (Fsp3) is 0.0800. The van der Waals surface area contributed by atoms with E-state index in [-0.39, 0.29) is 24.2 Å². The van der Waals surface area contributed by atoms with Crippen LogP contribution in [0.15, 0.2) is 90.5 Å². The van der Waals surface area contributed by atoms with E-state index in [0.29, 0.717) is 0 Å². The lowest BCUT2D eigenvalue weighted by Gasteiger charge is -2.12. The number of carbonyl (C=O) groups excluding carboxylic acids is 1. The molecule has 0 aromatic heterocycles. The minimum absolute atomic E-state index is 0.0795. The van der Waals surface area contributed by atoms with Crippen LogP contribution in [0.5, 0.6) is 0 Å². The second-order valence-electron chi connectivity index (χ2n) is 6.48. The van der Waals surface area contributed by atoms with Crippen LogP contribution in [-0.2, 0) is 9.53 Å². The molecular weight excluding hydrogens is 370 g/mol. The van der Waals surface area contributed by atoms with Crippen molar-refractivity contribution in [2.24, 2.45) is 0 Å². The summed E-state index contributed by atoms with van der Waals surface area (Å²) >= 11 is 0. The van der Waals surface area contributed by atoms with E-state index in [9.17, 15) is 13.6 Å². The normalized spacial score (nSPS) is 11.1. The van der Waals surface area contributed by atoms with Crippen LogP contribution in [-0.4, -0.2) is 12.6 Å². The van der Waals surface area contributed by atoms with Crippen molar-refractivity contribution in [2.75, 3.05) is 6.61 Å². The molecule has 3 aromatic rings. The van der Waals surface area contributed by atoms with Crippen molar-refractivity contribution < 1.29 is 18.3 Å². The average molecular weight is 390 g/mol. The predicted octanol–water partition coefficient (Wildman–Crippen LogP) is 6.04. The zero-order valence-electron chi connectivity index (χ0n) is 15.9. The van der Waals surface area contributed by atoms with Gasteiger partial charge in [-0.05, 0) is 64.3 Å². The molecular formula is C25H20F2O2. The number of benzene rings is 3. The Kier molecular flexibility index (Phi) is 6.69. The van der Waals surface area contributed by atoms with Gasteiger partial charge >= 0.3 is 5.97 Å². The highest BCUT2D eigenvalue weighted by Gasteiger charge is 2.09. The second kappa shape index (κ2) is 9.60. The topological polar surface area (TPSA) is 26.3 Å². The van der Waals surface area contributed by atoms with E-state index in [1.165, 1.54) is 31.2 Å². The summed E-state index contributed by atoms with van der Waals surface area (Å²) in [5.41, 5.74) is 3.98. The van der Waals surface area contributed by atoms with Crippen molar-refractivity contribution in [3.63, 3.8) is 0 Å². The summed E-state index contributed by atoms with van der Waals surface area (Å²) in [5.74, 6) is -1.07. The first kappa shape index (κ1) is 20.2. The van der Waals surface area contributed by atoms with Crippen LogP contribution in [0.3, 0.4) is 0 Å². The van der Waals surface area contributed by atoms with Crippen LogP contribution < -0.4 is 0 Å². The van der Waals surface area contributed by atoms with Gasteiger partial charge in [-0.25, -0.2) is 8.78 Å². The summed E-state index contributed by atoms with van der Waals surface area (Å²) in [7, 11) is 0. The van der Waals surface area contributed by atoms with E-state index >= 15 is 0 Å². The van der Waals surface area contributed by atoms with Gasteiger partial charge in [-0.1, -0.05) is 54.6 Å². The van der Waals surface area contributed by atoms with Gasteiger partial charge in [-0.2, -0.15) is 0 Å². The number of halogens is 2. The molecule has 0 unspecified atom stereocenters. The lowest BCUT2D eigenvalue weighted by Crippen LogP contribution is -2.03. The summed E-state index contributed by atoms with van der Waals surface area (Å²) in [6, 6.07) is 21.8. The summed E-state index contributed by atoms with van der Waals surface area (Å²) in [6.07, 6.45) is 3.78. The lowest BCUT2D eigenvalue weighted by atomic mass is 9.95. The number of carbonyl (C=O) groups is 1. The van der Waals surface area contributed by atoms with Gasteiger partial charge in [0.1, 0.15) is 18.2 Å². The number of ether oxygens (including phenoxy) is 1. The molecule has 0 atom stereocenters. The smallest absolute Gasteiger partial charge is 0.302 e. The molecule has 0 saturated heterocycles. The van der Waals surface area contributed by atoms with Gasteiger partial charge in [0.15, 0.2) is 0 Å². The first-order valence-electron chi connectivity index (χ1n) is 9.14. The van der Waals surface area contributed by atoms with Crippen molar-refractivity contribution in [1.29, 1.82) is 0 Å². The van der Waals surface area contributed by atoms with E-state index in [2.05, 4.69) is 0 Å². The van der Waals surface area contributed by atoms with Crippen LogP contribution in [0.1, 0.15) is 23.6 Å². The van der Waals surface area contributed by atoms with Gasteiger partial charge in [0.05, 0.1) is 0 Å². The minimum atomic E-state index is -0.387. The summed E-state index contributed by atoms with van der Waals surface area (Å²) < 4.78 is 32.1. The molecule has 0 saturated carbocycles. The molecule has 0 aliphatic heterocycles. The molecule has 0 heterocycles. The molecule has 0 spiro atoms. The second-order valence-corrected chi connectivity index (χ2v) is 6.48. The third-order valence-electron chi connectivity index (χ3n) is 4.23. The van der Waals surface area contributed by atoms with Crippen molar-refractivity contribution in [1.82, 2.24) is 0 Å². The van der Waals surface area contributed by atoms with Gasteiger partial charge in [0.25, 0.3) is 0 Å². The van der Waals surface area contributed by atoms with Crippen LogP contribution >= 0.6 is 0 Å². The fourth-order valence-corrected chi connectivity index (χ4v) is 2.85. The van der Waals surface area contributed by atoms with Crippen LogP contribution in [0.4, 0.5) is 8.78 Å². The lowest BCUT2D eigenvalue weighted by molar-refractivity contribution is -0.139. The largest absolute Gasteiger partial charge is 0.461 e. The highest BCUT2D eigenvalue weighted by atomic mass is 19.1. The molecule has 0 bridgehead atoms. The molecule has 2 nitrogen and oxygen atoms in total. The molecule has 29 heavy (non-hydrogen) atoms. The van der Waals surface area contributed by atoms with Crippen LogP contribution in [0.2, 0.25) is 0 Å². The third kappa shape index (κ3) is 5.98. The van der Waals surface area contributed by atoms with Crippen molar-refractivity contribution in [2.45, 2.75) is 6.92 Å². The Labute approximate surface area is 168 Å². The minimum Gasteiger partial charge on any atom is -0.461 e. The Morgan fingerprint density at radius 1 is 0.828 bits per heavy atom. The van der Waals surface area contributed by atoms with Gasteiger partial charge in [-0.15, -0.1) is 0 Å². The Bertz CT molecular complexity index is 971. The number of esters is 1. The van der Waals surface area contributed by atoms with Gasteiger partial charge < -0.3 is 4.74 Å². The van der Waals surface area contributed by atoms with Crippen molar-refractivity contribution >= 4 is 17.6 Å². The van der Waals surface area contributed by atoms with Crippen molar-refractivity contribution in [3.8, 4) is 0 Å². The Hall–Kier alpha value is -3.53. The van der Waals surface area contributed by atoms with Crippen LogP contribution in [0, 0.1) is 11.6 Å². The quantitative estimate of drug-likeness (QED) is 0.379. The zero-order valence-corrected chi connectivity index (χ0v) is 15.9. The van der Waals surface area contributed by atoms with E-state index in [1.54, 1.807) is 24.3 Å². The third-order valence-corrected chi connectivity index (χ3v) is 4.23. The first-order valence-corrected chi connectivity index (χ1v) is 9.14. The van der Waals surface area contributed by atoms with Crippen LogP contribution in [0.25, 0.3) is 11.6 Å². The molecule has 3 rings (SSSR count). The predicted molar refractivity (Wildman–Crippen MR) is 111 cm³/mol. The molecule has 0 radical (unpaired) electrons. The summed E-state index contributed by atoms with van der Waals surface area (Å²) in [4.78, 5) is 11.3. The molecule has 146 valence electrons. The zero-order chi connectivity index (χ0) is 20.6. The van der Waals surface area contributed by atoms with E-state index in [0.717, 1.165) is 27.8 Å². The van der Waals surface area contributed by atoms with E-state index in [1.807, 2.05) is 42.5 Å². The Balaban J connectivity index is 2.10. The highest BCUT2D eigenvalue weighted by Crippen LogP contribution is 2.26. The summed E-state index contributed by atoms with van der Waals surface area (Å²) in [6.45, 7) is 1.43. The molecule has 0 aliphatic carbocycles. The van der Waals surface area contributed by atoms with Crippen molar-refractivity contribution in [3.05, 3.63) is 119 Å². The maximum Gasteiger partial charge on any atom is 0.302 e. The van der Waals surface area contributed by atoms with Gasteiger partial charge in [-0.3, -0.25) is 4.79 Å². The van der Waals surface area contributed by atoms with E-state index in [4.69, 9.17) is 4.74 Å². The molecule has 4 heteroatoms. The Morgan fingerprint density at radius 2 is 1.34 bits per heavy atom. The Morgan fingerprint density at radius 3 is 1.83 bits per heavy atom. The van der Waals surface area contributed by atoms with E-state index < -0.39 is 0 Å².